The van der Waals surface area contributed by atoms with Crippen LogP contribution in [-0.4, -0.2) is 80.8 Å². The number of benzene rings is 2. The molecular formula is C31H46N4O7S. The molecule has 0 heterocycles. The highest BCUT2D eigenvalue weighted by atomic mass is 32.2. The fraction of sp³-hybridized carbons (Fsp3) is 0.516. The first-order valence-corrected chi connectivity index (χ1v) is 16.5. The highest BCUT2D eigenvalue weighted by Crippen LogP contribution is 2.10. The van der Waals surface area contributed by atoms with Crippen molar-refractivity contribution in [2.45, 2.75) is 71.2 Å². The van der Waals surface area contributed by atoms with Crippen molar-refractivity contribution < 1.29 is 32.6 Å². The fourth-order valence-corrected chi connectivity index (χ4v) is 5.98. The molecule has 2 aromatic carbocycles. The van der Waals surface area contributed by atoms with Crippen LogP contribution in [0.3, 0.4) is 0 Å². The number of hydrogen-bond donors (Lipinski definition) is 5. The Bertz CT molecular complexity index is 1260. The molecule has 0 saturated carbocycles. The maximum atomic E-state index is 13.5. The van der Waals surface area contributed by atoms with E-state index in [4.69, 9.17) is 4.74 Å². The van der Waals surface area contributed by atoms with Gasteiger partial charge in [0.15, 0.2) is 9.84 Å². The molecule has 43 heavy (non-hydrogen) atoms. The minimum absolute atomic E-state index is 0.0650. The lowest BCUT2D eigenvalue weighted by molar-refractivity contribution is -0.124. The number of rotatable bonds is 19. The zero-order valence-electron chi connectivity index (χ0n) is 25.3. The Labute approximate surface area is 255 Å². The standard InChI is InChI=1S/C31H46N4O7S/c1-4-6-17-43(40,41)22-28(35-31(39)42-16-15-33-23(3)36)30(38)34-27(19-25-11-8-7-9-12-25)29(37)21-32-20-26-14-10-13-24(5-2)18-26/h7-14,18,27-29,32,37H,4-6,15-17,19-22H2,1-3H3,(H,33,36)(H,34,38)(H,35,39)/t27-,28+,29+/m0/s1. The number of nitrogens with one attached hydrogen (secondary N) is 4. The zero-order valence-corrected chi connectivity index (χ0v) is 26.1. The summed E-state index contributed by atoms with van der Waals surface area (Å²) in [6.07, 6.45) is 0.230. The maximum absolute atomic E-state index is 13.5. The Morgan fingerprint density at radius 1 is 0.953 bits per heavy atom. The van der Waals surface area contributed by atoms with Crippen LogP contribution in [0.25, 0.3) is 0 Å². The van der Waals surface area contributed by atoms with Crippen molar-refractivity contribution in [3.05, 3.63) is 71.3 Å². The smallest absolute Gasteiger partial charge is 0.407 e. The number of aryl methyl sites for hydroxylation is 1. The molecule has 12 heteroatoms. The van der Waals surface area contributed by atoms with Gasteiger partial charge in [0.1, 0.15) is 12.6 Å². The molecule has 0 aliphatic heterocycles. The summed E-state index contributed by atoms with van der Waals surface area (Å²) in [5.74, 6) is -1.81. The SMILES string of the molecule is CCCCS(=O)(=O)C[C@@H](NC(=O)OCCNC(C)=O)C(=O)N[C@@H](Cc1ccccc1)[C@H](O)CNCc1cccc(CC)c1. The van der Waals surface area contributed by atoms with E-state index in [1.807, 2.05) is 49.4 Å². The largest absolute Gasteiger partial charge is 0.448 e. The average Bonchev–Trinajstić information content (AvgIpc) is 2.98. The molecule has 0 radical (unpaired) electrons. The van der Waals surface area contributed by atoms with Crippen molar-refractivity contribution in [1.82, 2.24) is 21.3 Å². The molecule has 5 N–H and O–H groups in total. The Kier molecular flexibility index (Phi) is 15.7. The van der Waals surface area contributed by atoms with Gasteiger partial charge in [-0.1, -0.05) is 74.9 Å². The van der Waals surface area contributed by atoms with Gasteiger partial charge in [0.2, 0.25) is 11.8 Å². The highest BCUT2D eigenvalue weighted by molar-refractivity contribution is 7.91. The van der Waals surface area contributed by atoms with Gasteiger partial charge in [-0.15, -0.1) is 0 Å². The van der Waals surface area contributed by atoms with Crippen molar-refractivity contribution in [3.63, 3.8) is 0 Å². The quantitative estimate of drug-likeness (QED) is 0.149. The molecule has 3 atom stereocenters. The lowest BCUT2D eigenvalue weighted by Gasteiger charge is -2.27. The van der Waals surface area contributed by atoms with Crippen molar-refractivity contribution >= 4 is 27.7 Å². The van der Waals surface area contributed by atoms with E-state index in [1.54, 1.807) is 0 Å². The fourth-order valence-electron chi connectivity index (χ4n) is 4.34. The van der Waals surface area contributed by atoms with Crippen molar-refractivity contribution in [3.8, 4) is 0 Å². The second kappa shape index (κ2) is 18.9. The molecule has 0 fully saturated rings. The molecule has 0 aromatic heterocycles. The highest BCUT2D eigenvalue weighted by Gasteiger charge is 2.31. The molecule has 0 aliphatic rings. The van der Waals surface area contributed by atoms with Gasteiger partial charge in [0.05, 0.1) is 30.2 Å². The third-order valence-corrected chi connectivity index (χ3v) is 8.47. The van der Waals surface area contributed by atoms with Gasteiger partial charge in [0, 0.05) is 20.0 Å². The molecule has 11 nitrogen and oxygen atoms in total. The van der Waals surface area contributed by atoms with Crippen LogP contribution in [0.2, 0.25) is 0 Å². The molecule has 0 unspecified atom stereocenters. The van der Waals surface area contributed by atoms with Crippen molar-refractivity contribution in [2.24, 2.45) is 0 Å². The van der Waals surface area contributed by atoms with Crippen LogP contribution in [0.4, 0.5) is 4.79 Å². The maximum Gasteiger partial charge on any atom is 0.407 e. The first-order chi connectivity index (χ1) is 20.5. The Morgan fingerprint density at radius 3 is 2.33 bits per heavy atom. The molecule has 238 valence electrons. The van der Waals surface area contributed by atoms with E-state index in [0.717, 1.165) is 17.5 Å². The van der Waals surface area contributed by atoms with E-state index < -0.39 is 45.8 Å². The molecule has 0 bridgehead atoms. The zero-order chi connectivity index (χ0) is 31.7. The predicted molar refractivity (Wildman–Crippen MR) is 166 cm³/mol. The number of carbonyl (C=O) groups excluding carboxylic acids is 3. The van der Waals surface area contributed by atoms with E-state index in [1.165, 1.54) is 12.5 Å². The number of aliphatic hydroxyl groups is 1. The minimum Gasteiger partial charge on any atom is -0.448 e. The topological polar surface area (TPSA) is 163 Å². The Balaban J connectivity index is 2.16. The van der Waals surface area contributed by atoms with Crippen LogP contribution >= 0.6 is 0 Å². The van der Waals surface area contributed by atoms with Crippen LogP contribution in [0, 0.1) is 0 Å². The van der Waals surface area contributed by atoms with Gasteiger partial charge >= 0.3 is 6.09 Å². The van der Waals surface area contributed by atoms with Crippen molar-refractivity contribution in [2.75, 3.05) is 31.2 Å². The molecule has 0 aliphatic carbocycles. The van der Waals surface area contributed by atoms with Gasteiger partial charge in [-0.05, 0) is 36.0 Å². The lowest BCUT2D eigenvalue weighted by atomic mass is 10.0. The van der Waals surface area contributed by atoms with E-state index >= 15 is 0 Å². The van der Waals surface area contributed by atoms with Crippen LogP contribution < -0.4 is 21.3 Å². The lowest BCUT2D eigenvalue weighted by Crippen LogP contribution is -2.56. The minimum atomic E-state index is -3.70. The molecule has 0 saturated heterocycles. The molecule has 2 aromatic rings. The van der Waals surface area contributed by atoms with E-state index in [2.05, 4.69) is 40.3 Å². The van der Waals surface area contributed by atoms with Gasteiger partial charge in [-0.25, -0.2) is 13.2 Å². The Hall–Kier alpha value is -3.48. The van der Waals surface area contributed by atoms with E-state index in [9.17, 15) is 27.9 Å². The van der Waals surface area contributed by atoms with Gasteiger partial charge in [-0.2, -0.15) is 0 Å². The van der Waals surface area contributed by atoms with Gasteiger partial charge < -0.3 is 31.1 Å². The number of hydrogen-bond acceptors (Lipinski definition) is 8. The number of amides is 3. The summed E-state index contributed by atoms with van der Waals surface area (Å²) >= 11 is 0. The number of aliphatic hydroxyl groups excluding tert-OH is 1. The second-order valence-corrected chi connectivity index (χ2v) is 12.7. The number of alkyl carbamates (subject to hydrolysis) is 1. The molecule has 0 spiro atoms. The summed E-state index contributed by atoms with van der Waals surface area (Å²) in [5.41, 5.74) is 3.13. The van der Waals surface area contributed by atoms with Crippen molar-refractivity contribution in [1.29, 1.82) is 0 Å². The normalized spacial score (nSPS) is 13.4. The first kappa shape index (κ1) is 35.7. The van der Waals surface area contributed by atoms with E-state index in [-0.39, 0.29) is 37.8 Å². The summed E-state index contributed by atoms with van der Waals surface area (Å²) in [7, 11) is -3.70. The summed E-state index contributed by atoms with van der Waals surface area (Å²) in [4.78, 5) is 37.0. The van der Waals surface area contributed by atoms with Crippen LogP contribution in [0.15, 0.2) is 54.6 Å². The summed E-state index contributed by atoms with van der Waals surface area (Å²) in [5, 5.41) is 22.0. The Morgan fingerprint density at radius 2 is 1.65 bits per heavy atom. The summed E-state index contributed by atoms with van der Waals surface area (Å²) in [6, 6.07) is 15.2. The molecule has 3 amide bonds. The van der Waals surface area contributed by atoms with Crippen LogP contribution in [-0.2, 0) is 43.5 Å². The van der Waals surface area contributed by atoms with Crippen LogP contribution in [0.5, 0.6) is 0 Å². The molecular weight excluding hydrogens is 572 g/mol. The van der Waals surface area contributed by atoms with Gasteiger partial charge in [-0.3, -0.25) is 9.59 Å². The van der Waals surface area contributed by atoms with E-state index in [0.29, 0.717) is 19.4 Å². The summed E-state index contributed by atoms with van der Waals surface area (Å²) in [6.45, 7) is 5.83. The predicted octanol–water partition coefficient (Wildman–Crippen LogP) is 1.87. The van der Waals surface area contributed by atoms with Gasteiger partial charge in [0.25, 0.3) is 0 Å². The first-order valence-electron chi connectivity index (χ1n) is 14.7. The molecule has 2 rings (SSSR count). The van der Waals surface area contributed by atoms with Crippen LogP contribution in [0.1, 0.15) is 50.3 Å². The number of unbranched alkanes of at least 4 members (excludes halogenated alkanes) is 1. The second-order valence-electron chi connectivity index (χ2n) is 10.5. The number of carbonyl (C=O) groups is 3. The third kappa shape index (κ3) is 14.5. The monoisotopic (exact) mass is 618 g/mol. The number of sulfone groups is 1. The third-order valence-electron chi connectivity index (χ3n) is 6.72. The average molecular weight is 619 g/mol. The summed E-state index contributed by atoms with van der Waals surface area (Å²) < 4.78 is 30.6. The number of ether oxygens (including phenoxy) is 1.